The molecule has 0 bridgehead atoms. The largest absolute Gasteiger partial charge is 0.496 e. The van der Waals surface area contributed by atoms with Gasteiger partial charge in [0.05, 0.1) is 13.7 Å². The molecule has 144 valence electrons. The molecular weight excluding hydrogens is 336 g/mol. The molecule has 2 aromatic rings. The van der Waals surface area contributed by atoms with Gasteiger partial charge >= 0.3 is 0 Å². The van der Waals surface area contributed by atoms with E-state index >= 15 is 0 Å². The van der Waals surface area contributed by atoms with E-state index in [9.17, 15) is 4.79 Å². The fourth-order valence-electron chi connectivity index (χ4n) is 4.92. The lowest BCUT2D eigenvalue weighted by atomic mass is 9.99. The molecule has 4 rings (SSSR count). The summed E-state index contributed by atoms with van der Waals surface area (Å²) in [4.78, 5) is 15.6. The average molecular weight is 367 g/mol. The van der Waals surface area contributed by atoms with E-state index in [1.807, 2.05) is 6.07 Å². The summed E-state index contributed by atoms with van der Waals surface area (Å²) in [6.07, 6.45) is 7.36. The zero-order valence-electron chi connectivity index (χ0n) is 16.2. The normalized spacial score (nSPS) is 23.0. The molecule has 1 amide bonds. The van der Waals surface area contributed by atoms with Crippen LogP contribution in [0.2, 0.25) is 0 Å². The van der Waals surface area contributed by atoms with Gasteiger partial charge in [0.1, 0.15) is 5.75 Å². The molecule has 0 heterocycles. The quantitative estimate of drug-likeness (QED) is 0.861. The van der Waals surface area contributed by atoms with Crippen molar-refractivity contribution < 1.29 is 9.53 Å². The van der Waals surface area contributed by atoms with Crippen molar-refractivity contribution in [3.05, 3.63) is 42.0 Å². The van der Waals surface area contributed by atoms with Crippen LogP contribution in [0.1, 0.15) is 50.5 Å². The minimum absolute atomic E-state index is 0.0848. The number of amides is 1. The van der Waals surface area contributed by atoms with E-state index in [1.54, 1.807) is 7.11 Å². The number of rotatable bonds is 5. The van der Waals surface area contributed by atoms with Crippen molar-refractivity contribution in [1.29, 1.82) is 0 Å². The predicted octanol–water partition coefficient (Wildman–Crippen LogP) is 4.25. The first-order valence-corrected chi connectivity index (χ1v) is 10.3. The summed E-state index contributed by atoms with van der Waals surface area (Å²) in [5.41, 5.74) is 7.22. The second kappa shape index (κ2) is 7.89. The molecule has 2 unspecified atom stereocenters. The summed E-state index contributed by atoms with van der Waals surface area (Å²) in [6.45, 7) is 0.625. The monoisotopic (exact) mass is 366 g/mol. The highest BCUT2D eigenvalue weighted by Gasteiger charge is 2.35. The Bertz CT molecular complexity index is 813. The second-order valence-corrected chi connectivity index (χ2v) is 8.14. The zero-order valence-corrected chi connectivity index (χ0v) is 16.2. The summed E-state index contributed by atoms with van der Waals surface area (Å²) in [5, 5.41) is 2.37. The van der Waals surface area contributed by atoms with Crippen LogP contribution < -0.4 is 10.5 Å². The molecule has 0 saturated heterocycles. The number of nitrogens with two attached hydrogens (primary N) is 1. The Morgan fingerprint density at radius 3 is 2.59 bits per heavy atom. The van der Waals surface area contributed by atoms with Gasteiger partial charge in [0, 0.05) is 23.6 Å². The fourth-order valence-corrected chi connectivity index (χ4v) is 4.92. The molecule has 0 radical (unpaired) electrons. The molecule has 2 aliphatic rings. The summed E-state index contributed by atoms with van der Waals surface area (Å²) >= 11 is 0. The second-order valence-electron chi connectivity index (χ2n) is 8.14. The van der Waals surface area contributed by atoms with Crippen LogP contribution in [0.25, 0.3) is 10.8 Å². The standard InChI is InChI=1S/C23H30N2O2/c1-27-22-13-11-16-6-2-5-9-20(16)21(22)15-25(19-7-3-4-8-19)23(26)17-10-12-18(24)14-17/h2,5-6,9,11,13,17-19H,3-4,7-8,10,12,14-15,24H2,1H3. The Morgan fingerprint density at radius 1 is 1.11 bits per heavy atom. The summed E-state index contributed by atoms with van der Waals surface area (Å²) < 4.78 is 5.68. The third-order valence-corrected chi connectivity index (χ3v) is 6.42. The number of hydrogen-bond acceptors (Lipinski definition) is 3. The molecule has 2 N–H and O–H groups in total. The molecule has 2 atom stereocenters. The first kappa shape index (κ1) is 18.3. The number of carbonyl (C=O) groups excluding carboxylic acids is 1. The van der Waals surface area contributed by atoms with Gasteiger partial charge in [0.2, 0.25) is 5.91 Å². The molecule has 27 heavy (non-hydrogen) atoms. The third kappa shape index (κ3) is 3.68. The van der Waals surface area contributed by atoms with E-state index in [0.29, 0.717) is 18.5 Å². The number of carbonyl (C=O) groups is 1. The van der Waals surface area contributed by atoms with Crippen LogP contribution in [0.4, 0.5) is 0 Å². The van der Waals surface area contributed by atoms with E-state index in [-0.39, 0.29) is 12.0 Å². The minimum Gasteiger partial charge on any atom is -0.496 e. The van der Waals surface area contributed by atoms with Gasteiger partial charge in [-0.2, -0.15) is 0 Å². The Hall–Kier alpha value is -2.07. The van der Waals surface area contributed by atoms with Gasteiger partial charge in [-0.1, -0.05) is 43.2 Å². The van der Waals surface area contributed by atoms with Crippen LogP contribution in [0.3, 0.4) is 0 Å². The molecule has 4 nitrogen and oxygen atoms in total. The van der Waals surface area contributed by atoms with Gasteiger partial charge in [0.25, 0.3) is 0 Å². The topological polar surface area (TPSA) is 55.6 Å². The lowest BCUT2D eigenvalue weighted by Crippen LogP contribution is -2.41. The molecule has 2 aromatic carbocycles. The first-order valence-electron chi connectivity index (χ1n) is 10.3. The molecular formula is C23H30N2O2. The Labute approximate surface area is 161 Å². The molecule has 4 heteroatoms. The number of hydrogen-bond donors (Lipinski definition) is 1. The molecule has 0 aromatic heterocycles. The molecule has 2 fully saturated rings. The molecule has 2 aliphatic carbocycles. The fraction of sp³-hybridized carbons (Fsp3) is 0.522. The molecule has 0 spiro atoms. The van der Waals surface area contributed by atoms with E-state index in [1.165, 1.54) is 23.6 Å². The lowest BCUT2D eigenvalue weighted by molar-refractivity contribution is -0.138. The van der Waals surface area contributed by atoms with E-state index in [0.717, 1.165) is 43.4 Å². The van der Waals surface area contributed by atoms with Crippen molar-refractivity contribution in [1.82, 2.24) is 4.90 Å². The van der Waals surface area contributed by atoms with Crippen molar-refractivity contribution in [2.24, 2.45) is 11.7 Å². The van der Waals surface area contributed by atoms with E-state index in [4.69, 9.17) is 10.5 Å². The number of fused-ring (bicyclic) bond motifs is 1. The predicted molar refractivity (Wildman–Crippen MR) is 109 cm³/mol. The van der Waals surface area contributed by atoms with Crippen LogP contribution in [0, 0.1) is 5.92 Å². The lowest BCUT2D eigenvalue weighted by Gasteiger charge is -2.32. The van der Waals surface area contributed by atoms with Gasteiger partial charge in [-0.25, -0.2) is 0 Å². The summed E-state index contributed by atoms with van der Waals surface area (Å²) in [5.74, 6) is 1.25. The maximum atomic E-state index is 13.4. The number of nitrogens with zero attached hydrogens (tertiary/aromatic N) is 1. The highest BCUT2D eigenvalue weighted by atomic mass is 16.5. The first-order chi connectivity index (χ1) is 13.2. The van der Waals surface area contributed by atoms with Crippen LogP contribution in [0.5, 0.6) is 5.75 Å². The zero-order chi connectivity index (χ0) is 18.8. The molecule has 0 aliphatic heterocycles. The third-order valence-electron chi connectivity index (χ3n) is 6.42. The van der Waals surface area contributed by atoms with Crippen molar-refractivity contribution in [3.8, 4) is 5.75 Å². The van der Waals surface area contributed by atoms with Crippen LogP contribution in [0.15, 0.2) is 36.4 Å². The summed E-state index contributed by atoms with van der Waals surface area (Å²) in [7, 11) is 1.71. The Balaban J connectivity index is 1.69. The number of ether oxygens (including phenoxy) is 1. The van der Waals surface area contributed by atoms with Crippen LogP contribution in [-0.2, 0) is 11.3 Å². The van der Waals surface area contributed by atoms with Gasteiger partial charge in [0.15, 0.2) is 0 Å². The van der Waals surface area contributed by atoms with Crippen LogP contribution >= 0.6 is 0 Å². The minimum atomic E-state index is 0.0848. The number of benzene rings is 2. The smallest absolute Gasteiger partial charge is 0.226 e. The molecule has 2 saturated carbocycles. The van der Waals surface area contributed by atoms with E-state index in [2.05, 4.69) is 35.2 Å². The SMILES string of the molecule is COc1ccc2ccccc2c1CN(C(=O)C1CCC(N)C1)C1CCCC1. The highest BCUT2D eigenvalue weighted by molar-refractivity contribution is 5.88. The summed E-state index contributed by atoms with van der Waals surface area (Å²) in [6, 6.07) is 13.0. The van der Waals surface area contributed by atoms with Crippen molar-refractivity contribution in [2.45, 2.75) is 63.6 Å². The maximum Gasteiger partial charge on any atom is 0.226 e. The van der Waals surface area contributed by atoms with Gasteiger partial charge in [-0.05, 0) is 48.9 Å². The average Bonchev–Trinajstić information content (AvgIpc) is 3.37. The van der Waals surface area contributed by atoms with Crippen molar-refractivity contribution >= 4 is 16.7 Å². The van der Waals surface area contributed by atoms with Gasteiger partial charge in [-0.3, -0.25) is 4.79 Å². The van der Waals surface area contributed by atoms with Crippen LogP contribution in [-0.4, -0.2) is 30.0 Å². The van der Waals surface area contributed by atoms with Gasteiger partial charge < -0.3 is 15.4 Å². The van der Waals surface area contributed by atoms with Crippen molar-refractivity contribution in [3.63, 3.8) is 0 Å². The number of methoxy groups -OCH3 is 1. The highest BCUT2D eigenvalue weighted by Crippen LogP contribution is 2.35. The Morgan fingerprint density at radius 2 is 1.89 bits per heavy atom. The van der Waals surface area contributed by atoms with Crippen molar-refractivity contribution in [2.75, 3.05) is 7.11 Å². The maximum absolute atomic E-state index is 13.4. The van der Waals surface area contributed by atoms with Gasteiger partial charge in [-0.15, -0.1) is 0 Å². The Kier molecular flexibility index (Phi) is 5.35. The van der Waals surface area contributed by atoms with E-state index < -0.39 is 0 Å².